The van der Waals surface area contributed by atoms with Gasteiger partial charge in [0, 0.05) is 42.0 Å². The Morgan fingerprint density at radius 1 is 0.906 bits per heavy atom. The third-order valence-electron chi connectivity index (χ3n) is 6.00. The Hall–Kier alpha value is -2.47. The predicted molar refractivity (Wildman–Crippen MR) is 129 cm³/mol. The summed E-state index contributed by atoms with van der Waals surface area (Å²) in [7, 11) is -0.870. The van der Waals surface area contributed by atoms with Gasteiger partial charge in [-0.05, 0) is 25.0 Å². The average molecular weight is 470 g/mol. The van der Waals surface area contributed by atoms with Gasteiger partial charge in [-0.25, -0.2) is 0 Å². The molecule has 12 heteroatoms. The SMILES string of the molecule is COc1c2c(=O)c3c(C)c(OBO)sc3c2c(CO)c2c(=O)c3c(C)c(B(O)O)sc3c12. The predicted octanol–water partition coefficient (Wildman–Crippen LogP) is 0.454. The lowest BCUT2D eigenvalue weighted by Gasteiger charge is -2.09. The Balaban J connectivity index is 2.10. The number of fused-ring (bicyclic) bond motifs is 6. The highest BCUT2D eigenvalue weighted by Gasteiger charge is 2.32. The van der Waals surface area contributed by atoms with Gasteiger partial charge in [-0.1, -0.05) is 11.3 Å². The fourth-order valence-corrected chi connectivity index (χ4v) is 7.14. The number of ether oxygens (including phenoxy) is 1. The van der Waals surface area contributed by atoms with Crippen LogP contribution in [0.2, 0.25) is 0 Å². The zero-order chi connectivity index (χ0) is 23.1. The van der Waals surface area contributed by atoms with Crippen LogP contribution in [0.4, 0.5) is 0 Å². The van der Waals surface area contributed by atoms with Gasteiger partial charge in [0.05, 0.1) is 23.8 Å². The third kappa shape index (κ3) is 2.47. The minimum atomic E-state index is -1.74. The molecule has 0 atom stereocenters. The van der Waals surface area contributed by atoms with E-state index in [2.05, 4.69) is 0 Å². The van der Waals surface area contributed by atoms with Crippen LogP contribution in [0.3, 0.4) is 0 Å². The van der Waals surface area contributed by atoms with E-state index in [0.717, 1.165) is 11.3 Å². The minimum absolute atomic E-state index is 0.219. The van der Waals surface area contributed by atoms with Gasteiger partial charge >= 0.3 is 14.8 Å². The molecule has 0 radical (unpaired) electrons. The summed E-state index contributed by atoms with van der Waals surface area (Å²) in [4.78, 5) is 27.0. The molecule has 5 aromatic rings. The summed E-state index contributed by atoms with van der Waals surface area (Å²) in [6, 6.07) is 0. The first-order chi connectivity index (χ1) is 15.3. The number of aliphatic hydroxyl groups is 1. The van der Waals surface area contributed by atoms with Crippen molar-refractivity contribution in [3.63, 3.8) is 0 Å². The van der Waals surface area contributed by atoms with Crippen molar-refractivity contribution in [1.29, 1.82) is 0 Å². The van der Waals surface area contributed by atoms with Gasteiger partial charge in [-0.15, -0.1) is 11.3 Å². The van der Waals surface area contributed by atoms with Crippen LogP contribution in [0, 0.1) is 13.8 Å². The molecule has 162 valence electrons. The standard InChI is InChI=1S/C20H16B2O8S2/c1-5-8-14(24)10-7(4-23)11-12(15(25)9-6(2)20(30-21-26)32-17(9)11)16(29-3)13(10)18(8)31-19(5)22(27)28/h21,23,26-28H,4H2,1-3H3. The lowest BCUT2D eigenvalue weighted by Crippen LogP contribution is -2.29. The summed E-state index contributed by atoms with van der Waals surface area (Å²) in [6.45, 7) is 2.87. The van der Waals surface area contributed by atoms with E-state index in [4.69, 9.17) is 14.4 Å². The molecule has 2 aromatic heterocycles. The fourth-order valence-electron chi connectivity index (χ4n) is 4.69. The van der Waals surface area contributed by atoms with Crippen molar-refractivity contribution in [2.24, 2.45) is 0 Å². The molecule has 0 aliphatic carbocycles. The van der Waals surface area contributed by atoms with Gasteiger partial charge in [-0.2, -0.15) is 0 Å². The number of thiophene rings is 2. The number of aliphatic hydroxyl groups excluding tert-OH is 1. The van der Waals surface area contributed by atoms with E-state index >= 15 is 0 Å². The molecule has 0 aliphatic heterocycles. The van der Waals surface area contributed by atoms with E-state index in [1.807, 2.05) is 0 Å². The van der Waals surface area contributed by atoms with Crippen molar-refractivity contribution in [3.05, 3.63) is 37.1 Å². The van der Waals surface area contributed by atoms with Gasteiger partial charge < -0.3 is 29.6 Å². The summed E-state index contributed by atoms with van der Waals surface area (Å²) in [6.07, 6.45) is 0. The summed E-state index contributed by atoms with van der Waals surface area (Å²) in [5.41, 5.74) is 0.656. The van der Waals surface area contributed by atoms with Gasteiger partial charge in [-0.3, -0.25) is 9.59 Å². The van der Waals surface area contributed by atoms with Gasteiger partial charge in [0.15, 0.2) is 15.9 Å². The molecule has 0 saturated carbocycles. The van der Waals surface area contributed by atoms with E-state index in [1.54, 1.807) is 13.8 Å². The number of methoxy groups -OCH3 is 1. The number of aryl methyl sites for hydroxylation is 2. The Morgan fingerprint density at radius 3 is 2.12 bits per heavy atom. The maximum Gasteiger partial charge on any atom is 0.504 e. The number of rotatable bonds is 5. The first kappa shape index (κ1) is 21.4. The Kier molecular flexibility index (Phi) is 4.86. The second-order valence-corrected chi connectivity index (χ2v) is 9.52. The smallest absolute Gasteiger partial charge is 0.504 e. The normalized spacial score (nSPS) is 12.0. The van der Waals surface area contributed by atoms with Crippen molar-refractivity contribution in [1.82, 2.24) is 0 Å². The zero-order valence-corrected chi connectivity index (χ0v) is 18.9. The molecular weight excluding hydrogens is 454 g/mol. The van der Waals surface area contributed by atoms with Crippen LogP contribution in [0.1, 0.15) is 16.7 Å². The third-order valence-corrected chi connectivity index (χ3v) is 8.57. The fraction of sp³-hybridized carbons (Fsp3) is 0.200. The summed E-state index contributed by atoms with van der Waals surface area (Å²) < 4.78 is 12.2. The van der Waals surface area contributed by atoms with E-state index < -0.39 is 21.4 Å². The number of hydrogen-bond donors (Lipinski definition) is 4. The highest BCUT2D eigenvalue weighted by Crippen LogP contribution is 2.48. The van der Waals surface area contributed by atoms with Crippen LogP contribution in [0.25, 0.3) is 41.7 Å². The maximum absolute atomic E-state index is 13.5. The lowest BCUT2D eigenvalue weighted by atomic mass is 9.86. The zero-order valence-electron chi connectivity index (χ0n) is 17.2. The molecule has 0 fully saturated rings. The van der Waals surface area contributed by atoms with Gasteiger partial charge in [0.1, 0.15) is 5.75 Å². The molecule has 5 rings (SSSR count). The summed E-state index contributed by atoms with van der Waals surface area (Å²) in [5, 5.41) is 41.4. The molecule has 0 saturated heterocycles. The quantitative estimate of drug-likeness (QED) is 0.273. The van der Waals surface area contributed by atoms with Crippen molar-refractivity contribution in [3.8, 4) is 10.8 Å². The molecular formula is C20H16B2O8S2. The van der Waals surface area contributed by atoms with Crippen LogP contribution in [0.15, 0.2) is 9.59 Å². The van der Waals surface area contributed by atoms with Crippen LogP contribution in [-0.2, 0) is 6.61 Å². The molecule has 0 spiro atoms. The number of hydrogen-bond acceptors (Lipinski definition) is 10. The van der Waals surface area contributed by atoms with E-state index in [9.17, 15) is 24.7 Å². The van der Waals surface area contributed by atoms with E-state index in [-0.39, 0.29) is 32.2 Å². The minimum Gasteiger partial charge on any atom is -0.531 e. The molecule has 2 heterocycles. The lowest BCUT2D eigenvalue weighted by molar-refractivity contribution is 0.285. The molecule has 0 bridgehead atoms. The van der Waals surface area contributed by atoms with Crippen LogP contribution < -0.4 is 25.0 Å². The molecule has 32 heavy (non-hydrogen) atoms. The summed E-state index contributed by atoms with van der Waals surface area (Å²) >= 11 is 2.22. The second-order valence-electron chi connectivity index (χ2n) is 7.49. The van der Waals surface area contributed by atoms with E-state index in [1.165, 1.54) is 18.4 Å². The highest BCUT2D eigenvalue weighted by atomic mass is 32.1. The van der Waals surface area contributed by atoms with E-state index in [0.29, 0.717) is 52.7 Å². The van der Waals surface area contributed by atoms with Crippen molar-refractivity contribution in [2.45, 2.75) is 20.5 Å². The van der Waals surface area contributed by atoms with Crippen LogP contribution in [0.5, 0.6) is 10.8 Å². The average Bonchev–Trinajstić information content (AvgIpc) is 3.44. The molecule has 4 N–H and O–H groups in total. The van der Waals surface area contributed by atoms with Crippen molar-refractivity contribution < 1.29 is 29.6 Å². The molecule has 8 nitrogen and oxygen atoms in total. The summed E-state index contributed by atoms with van der Waals surface area (Å²) in [5.74, 6) is 0.219. The number of benzene rings is 1. The molecule has 0 amide bonds. The van der Waals surface area contributed by atoms with Crippen molar-refractivity contribution >= 4 is 84.0 Å². The Bertz CT molecular complexity index is 1660. The largest absolute Gasteiger partial charge is 0.531 e. The van der Waals surface area contributed by atoms with Gasteiger partial charge in [0.2, 0.25) is 0 Å². The first-order valence-electron chi connectivity index (χ1n) is 9.62. The molecule has 0 aliphatic rings. The highest BCUT2D eigenvalue weighted by molar-refractivity contribution is 7.29. The Morgan fingerprint density at radius 2 is 1.53 bits per heavy atom. The van der Waals surface area contributed by atoms with Gasteiger partial charge in [0.25, 0.3) is 0 Å². The van der Waals surface area contributed by atoms with Crippen molar-refractivity contribution in [2.75, 3.05) is 7.11 Å². The maximum atomic E-state index is 13.5. The topological polar surface area (TPSA) is 134 Å². The second kappa shape index (κ2) is 7.27. The monoisotopic (exact) mass is 470 g/mol. The molecule has 0 unspecified atom stereocenters. The van der Waals surface area contributed by atoms with Crippen LogP contribution in [-0.4, -0.2) is 42.1 Å². The molecule has 3 aromatic carbocycles. The Labute approximate surface area is 189 Å². The van der Waals surface area contributed by atoms with Crippen LogP contribution >= 0.6 is 22.7 Å². The first-order valence-corrected chi connectivity index (χ1v) is 11.3.